The molecule has 0 fully saturated rings. The largest absolute Gasteiger partial charge is 0.301 e. The van der Waals surface area contributed by atoms with E-state index in [1.54, 1.807) is 24.3 Å². The Balaban J connectivity index is 0.925. The molecule has 4 aliphatic carbocycles. The van der Waals surface area contributed by atoms with Gasteiger partial charge >= 0.3 is 0 Å². The van der Waals surface area contributed by atoms with Gasteiger partial charge < -0.3 is 10.8 Å². The van der Waals surface area contributed by atoms with E-state index in [2.05, 4.69) is 9.98 Å². The van der Waals surface area contributed by atoms with E-state index >= 15 is 0 Å². The Kier molecular flexibility index (Phi) is 9.33. The van der Waals surface area contributed by atoms with Crippen LogP contribution in [0, 0.1) is 10.8 Å². The number of nitrogens with one attached hydrogen (secondary N) is 2. The zero-order valence-corrected chi connectivity index (χ0v) is 26.8. The van der Waals surface area contributed by atoms with Gasteiger partial charge in [-0.3, -0.25) is 0 Å². The van der Waals surface area contributed by atoms with Crippen LogP contribution in [0.1, 0.15) is 0 Å². The molecule has 0 aliphatic heterocycles. The van der Waals surface area contributed by atoms with Gasteiger partial charge in [0.2, 0.25) is 0 Å². The van der Waals surface area contributed by atoms with E-state index < -0.39 is 0 Å². The van der Waals surface area contributed by atoms with E-state index in [0.717, 1.165) is 68.4 Å². The molecule has 238 valence electrons. The Labute approximate surface area is 290 Å². The van der Waals surface area contributed by atoms with Crippen LogP contribution in [-0.4, -0.2) is 45.7 Å². The third-order valence-corrected chi connectivity index (χ3v) is 7.53. The minimum atomic E-state index is 0.468. The van der Waals surface area contributed by atoms with Crippen molar-refractivity contribution in [2.75, 3.05) is 0 Å². The average molecular weight is 647 g/mol. The number of nitrogens with zero attached hydrogens (tertiary/aromatic N) is 6. The number of hydrogen-bond donors (Lipinski definition) is 2. The van der Waals surface area contributed by atoms with E-state index in [1.807, 2.05) is 146 Å². The molecule has 0 bridgehead atoms. The van der Waals surface area contributed by atoms with Crippen molar-refractivity contribution in [3.8, 4) is 0 Å². The molecule has 0 aromatic heterocycles. The summed E-state index contributed by atoms with van der Waals surface area (Å²) >= 11 is 0. The first-order valence-corrected chi connectivity index (χ1v) is 15.9. The highest BCUT2D eigenvalue weighted by Crippen LogP contribution is 2.24. The Morgan fingerprint density at radius 1 is 0.220 bits per heavy atom. The topological polar surface area (TPSA) is 122 Å². The van der Waals surface area contributed by atoms with Gasteiger partial charge in [-0.1, -0.05) is 0 Å². The standard InChI is InChI=1S/C42H30N8/c43-29-1-5-31(6-2-29)45-33-9-13-35(14-10-33)47-37-17-21-39(22-18-37)49-41-25-27-42(28-26-41)50-40-23-19-38(20-24-40)48-36-15-11-34(12-16-36)46-32-7-3-30(44)4-8-32/h1-28,43-44H. The molecule has 8 heteroatoms. The Hall–Kier alpha value is -7.06. The Bertz CT molecular complexity index is 2050. The first kappa shape index (κ1) is 31.5. The summed E-state index contributed by atoms with van der Waals surface area (Å²) in [7, 11) is 0. The summed E-state index contributed by atoms with van der Waals surface area (Å²) in [6, 6.07) is 23.3. The molecule has 0 heterocycles. The monoisotopic (exact) mass is 646 g/mol. The zero-order valence-electron chi connectivity index (χ0n) is 26.8. The molecular formula is C42H30N8. The van der Waals surface area contributed by atoms with E-state index in [9.17, 15) is 0 Å². The van der Waals surface area contributed by atoms with Crippen molar-refractivity contribution >= 4 is 79.8 Å². The lowest BCUT2D eigenvalue weighted by Gasteiger charge is -2.05. The van der Waals surface area contributed by atoms with E-state index in [0.29, 0.717) is 11.4 Å². The molecule has 2 N–H and O–H groups in total. The van der Waals surface area contributed by atoms with Gasteiger partial charge in [-0.25, -0.2) is 30.0 Å². The van der Waals surface area contributed by atoms with Crippen LogP contribution in [0.5, 0.6) is 0 Å². The first-order valence-electron chi connectivity index (χ1n) is 15.9. The van der Waals surface area contributed by atoms with Crippen LogP contribution in [-0.2, 0) is 0 Å². The van der Waals surface area contributed by atoms with Crippen LogP contribution >= 0.6 is 0 Å². The predicted molar refractivity (Wildman–Crippen MR) is 210 cm³/mol. The number of benzene rings is 3. The summed E-state index contributed by atoms with van der Waals surface area (Å²) in [6.07, 6.45) is 29.8. The molecule has 8 nitrogen and oxygen atoms in total. The second-order valence-corrected chi connectivity index (χ2v) is 11.3. The van der Waals surface area contributed by atoms with Crippen molar-refractivity contribution in [3.63, 3.8) is 0 Å². The lowest BCUT2D eigenvalue weighted by molar-refractivity contribution is 1.46. The molecule has 0 atom stereocenters. The van der Waals surface area contributed by atoms with Gasteiger partial charge in [0, 0.05) is 0 Å². The highest BCUT2D eigenvalue weighted by atomic mass is 14.8. The fourth-order valence-electron chi connectivity index (χ4n) is 4.97. The third kappa shape index (κ3) is 8.64. The highest BCUT2D eigenvalue weighted by molar-refractivity contribution is 6.21. The lowest BCUT2D eigenvalue weighted by Crippen LogP contribution is -1.99. The summed E-state index contributed by atoms with van der Waals surface area (Å²) in [5, 5.41) is 15.2. The molecule has 0 spiro atoms. The van der Waals surface area contributed by atoms with Gasteiger partial charge in [0.1, 0.15) is 0 Å². The molecule has 0 amide bonds. The summed E-state index contributed by atoms with van der Waals surface area (Å²) in [4.78, 5) is 28.1. The minimum Gasteiger partial charge on any atom is -0.301 e. The van der Waals surface area contributed by atoms with E-state index in [1.165, 1.54) is 0 Å². The Morgan fingerprint density at radius 3 is 0.520 bits per heavy atom. The fourth-order valence-corrected chi connectivity index (χ4v) is 4.97. The summed E-state index contributed by atoms with van der Waals surface area (Å²) < 4.78 is 0. The van der Waals surface area contributed by atoms with Gasteiger partial charge in [-0.15, -0.1) is 0 Å². The van der Waals surface area contributed by atoms with Crippen molar-refractivity contribution in [3.05, 3.63) is 170 Å². The molecule has 0 radical (unpaired) electrons. The van der Waals surface area contributed by atoms with Gasteiger partial charge in [0.15, 0.2) is 0 Å². The smallest absolute Gasteiger partial charge is 0.0638 e. The number of aliphatic imine (C=N–C) groups is 6. The SMILES string of the molecule is N=C1C=CC(=Nc2ccc(N=C3C=CC(=Nc4ccc(N=C5C=CC(=Nc6ccc(N=C7C=CC(=N)C=C7)cc6)C=C5)cc4)C=C3)cc2)C=C1. The molecule has 0 unspecified atom stereocenters. The molecule has 0 saturated heterocycles. The quantitative estimate of drug-likeness (QED) is 0.248. The van der Waals surface area contributed by atoms with Crippen molar-refractivity contribution in [1.29, 1.82) is 10.8 Å². The van der Waals surface area contributed by atoms with Crippen LogP contribution in [0.4, 0.5) is 34.1 Å². The molecule has 50 heavy (non-hydrogen) atoms. The number of hydrogen-bond acceptors (Lipinski definition) is 8. The minimum absolute atomic E-state index is 0.468. The van der Waals surface area contributed by atoms with Crippen LogP contribution in [0.2, 0.25) is 0 Å². The second kappa shape index (κ2) is 14.8. The van der Waals surface area contributed by atoms with Crippen LogP contribution in [0.25, 0.3) is 0 Å². The third-order valence-electron chi connectivity index (χ3n) is 7.53. The summed E-state index contributed by atoms with van der Waals surface area (Å²) in [5.74, 6) is 0. The second-order valence-electron chi connectivity index (χ2n) is 11.3. The highest BCUT2D eigenvalue weighted by Gasteiger charge is 2.05. The number of allylic oxidation sites excluding steroid dienone is 16. The maximum atomic E-state index is 7.60. The van der Waals surface area contributed by atoms with Crippen LogP contribution in [0.15, 0.2) is 200 Å². The molecule has 3 aromatic rings. The summed E-state index contributed by atoms with van der Waals surface area (Å²) in [6.45, 7) is 0. The first-order chi connectivity index (χ1) is 24.5. The van der Waals surface area contributed by atoms with Crippen molar-refractivity contribution in [1.82, 2.24) is 0 Å². The lowest BCUT2D eigenvalue weighted by atomic mass is 10.1. The van der Waals surface area contributed by atoms with Crippen molar-refractivity contribution in [2.45, 2.75) is 0 Å². The van der Waals surface area contributed by atoms with Gasteiger partial charge in [0.05, 0.1) is 79.8 Å². The molecule has 7 rings (SSSR count). The van der Waals surface area contributed by atoms with Crippen molar-refractivity contribution in [2.24, 2.45) is 30.0 Å². The predicted octanol–water partition coefficient (Wildman–Crippen LogP) is 10.1. The van der Waals surface area contributed by atoms with Gasteiger partial charge in [0.25, 0.3) is 0 Å². The van der Waals surface area contributed by atoms with Gasteiger partial charge in [-0.05, 0) is 170 Å². The normalized spacial score (nSPS) is 16.0. The van der Waals surface area contributed by atoms with E-state index in [4.69, 9.17) is 30.8 Å². The zero-order chi connectivity index (χ0) is 34.1. The molecule has 3 aromatic carbocycles. The van der Waals surface area contributed by atoms with Crippen molar-refractivity contribution < 1.29 is 0 Å². The number of rotatable bonds is 6. The summed E-state index contributed by atoms with van der Waals surface area (Å²) in [5.41, 5.74) is 10.9. The van der Waals surface area contributed by atoms with Gasteiger partial charge in [-0.2, -0.15) is 0 Å². The average Bonchev–Trinajstić information content (AvgIpc) is 3.14. The Morgan fingerprint density at radius 2 is 0.360 bits per heavy atom. The van der Waals surface area contributed by atoms with Crippen LogP contribution < -0.4 is 0 Å². The fraction of sp³-hybridized carbons (Fsp3) is 0. The van der Waals surface area contributed by atoms with Crippen LogP contribution in [0.3, 0.4) is 0 Å². The molecular weight excluding hydrogens is 617 g/mol. The molecule has 4 aliphatic rings. The van der Waals surface area contributed by atoms with E-state index in [-0.39, 0.29) is 0 Å². The maximum Gasteiger partial charge on any atom is 0.0638 e. The maximum absolute atomic E-state index is 7.60. The molecule has 0 saturated carbocycles.